The van der Waals surface area contributed by atoms with Crippen molar-refractivity contribution < 1.29 is 9.53 Å². The number of hydrogen-bond acceptors (Lipinski definition) is 2. The van der Waals surface area contributed by atoms with Crippen LogP contribution in [0.25, 0.3) is 16.7 Å². The molecule has 2 unspecified atom stereocenters. The van der Waals surface area contributed by atoms with Gasteiger partial charge in [0, 0.05) is 12.0 Å². The van der Waals surface area contributed by atoms with Crippen molar-refractivity contribution in [3.63, 3.8) is 0 Å². The third-order valence-electron chi connectivity index (χ3n) is 8.18. The molecule has 3 aromatic carbocycles. The van der Waals surface area contributed by atoms with Crippen LogP contribution in [0.2, 0.25) is 0 Å². The van der Waals surface area contributed by atoms with Gasteiger partial charge in [-0.25, -0.2) is 4.79 Å². The van der Waals surface area contributed by atoms with E-state index in [1.54, 1.807) is 0 Å². The number of nitrogens with zero attached hydrogens (tertiary/aromatic N) is 1. The van der Waals surface area contributed by atoms with Crippen LogP contribution in [0.4, 0.5) is 4.79 Å². The maximum Gasteiger partial charge on any atom is 0.410 e. The maximum absolute atomic E-state index is 13.3. The Balaban J connectivity index is 1.10. The minimum Gasteiger partial charge on any atom is -0.448 e. The lowest BCUT2D eigenvalue weighted by atomic mass is 9.84. The molecule has 4 aliphatic rings. The first-order chi connectivity index (χ1) is 16.3. The van der Waals surface area contributed by atoms with Crippen LogP contribution in [0.1, 0.15) is 53.0 Å². The van der Waals surface area contributed by atoms with Crippen molar-refractivity contribution in [2.45, 2.75) is 50.1 Å². The minimum absolute atomic E-state index is 0.109. The smallest absolute Gasteiger partial charge is 0.410 e. The topological polar surface area (TPSA) is 29.5 Å². The molecule has 1 saturated heterocycles. The Labute approximate surface area is 194 Å². The van der Waals surface area contributed by atoms with E-state index in [-0.39, 0.29) is 24.1 Å². The standard InChI is InChI=1S/C30H27NO2/c32-30(33-18-29-27-7-3-1-5-25(27)26-6-2-4-8-28(26)29)31-23-13-14-24(31)17-22(16-23)21-12-10-19-9-11-20(19)15-21/h1-8,10,12,15-16,23-24,29H,9,11,13-14,17-18H2. The highest BCUT2D eigenvalue weighted by molar-refractivity contribution is 5.79. The highest BCUT2D eigenvalue weighted by Crippen LogP contribution is 2.45. The van der Waals surface area contributed by atoms with Crippen LogP contribution in [0.5, 0.6) is 0 Å². The van der Waals surface area contributed by atoms with Crippen molar-refractivity contribution >= 4 is 11.7 Å². The van der Waals surface area contributed by atoms with Crippen molar-refractivity contribution in [3.8, 4) is 11.1 Å². The lowest BCUT2D eigenvalue weighted by Gasteiger charge is -2.34. The van der Waals surface area contributed by atoms with Crippen molar-refractivity contribution in [1.82, 2.24) is 4.90 Å². The van der Waals surface area contributed by atoms with E-state index in [1.165, 1.54) is 57.4 Å². The van der Waals surface area contributed by atoms with Gasteiger partial charge < -0.3 is 4.74 Å². The van der Waals surface area contributed by atoms with Gasteiger partial charge in [0.15, 0.2) is 0 Å². The number of amides is 1. The molecule has 2 atom stereocenters. The molecular formula is C30H27NO2. The molecule has 2 heterocycles. The van der Waals surface area contributed by atoms with Gasteiger partial charge in [-0.2, -0.15) is 0 Å². The van der Waals surface area contributed by atoms with Crippen LogP contribution >= 0.6 is 0 Å². The molecule has 3 aromatic rings. The van der Waals surface area contributed by atoms with Gasteiger partial charge in [-0.15, -0.1) is 0 Å². The van der Waals surface area contributed by atoms with E-state index < -0.39 is 0 Å². The minimum atomic E-state index is -0.156. The quantitative estimate of drug-likeness (QED) is 0.481. The van der Waals surface area contributed by atoms with Crippen LogP contribution in [-0.2, 0) is 17.6 Å². The summed E-state index contributed by atoms with van der Waals surface area (Å²) in [6, 6.07) is 24.3. The van der Waals surface area contributed by atoms with Crippen molar-refractivity contribution in [1.29, 1.82) is 0 Å². The molecule has 33 heavy (non-hydrogen) atoms. The van der Waals surface area contributed by atoms with Crippen molar-refractivity contribution in [2.24, 2.45) is 0 Å². The second kappa shape index (κ2) is 7.34. The molecule has 2 aliphatic carbocycles. The summed E-state index contributed by atoms with van der Waals surface area (Å²) in [4.78, 5) is 15.3. The SMILES string of the molecule is O=C(OCC1c2ccccc2-c2ccccc21)N1C2C=C(c3ccc4c(c3)CC4)CC1CC2. The Morgan fingerprint density at radius 2 is 1.61 bits per heavy atom. The zero-order valence-electron chi connectivity index (χ0n) is 18.7. The molecule has 0 aromatic heterocycles. The summed E-state index contributed by atoms with van der Waals surface area (Å²) in [6.45, 7) is 0.393. The van der Waals surface area contributed by atoms with Gasteiger partial charge in [0.2, 0.25) is 0 Å². The summed E-state index contributed by atoms with van der Waals surface area (Å²) < 4.78 is 6.00. The third-order valence-corrected chi connectivity index (χ3v) is 8.18. The largest absolute Gasteiger partial charge is 0.448 e. The van der Waals surface area contributed by atoms with Crippen molar-refractivity contribution in [2.75, 3.05) is 6.61 Å². The Morgan fingerprint density at radius 3 is 2.27 bits per heavy atom. The van der Waals surface area contributed by atoms with E-state index >= 15 is 0 Å². The molecule has 3 nitrogen and oxygen atoms in total. The maximum atomic E-state index is 13.3. The summed E-state index contributed by atoms with van der Waals surface area (Å²) in [5, 5.41) is 0. The fourth-order valence-corrected chi connectivity index (χ4v) is 6.39. The fraction of sp³-hybridized carbons (Fsp3) is 0.300. The molecule has 0 radical (unpaired) electrons. The molecule has 0 spiro atoms. The number of fused-ring (bicyclic) bond motifs is 6. The predicted octanol–water partition coefficient (Wildman–Crippen LogP) is 6.35. The van der Waals surface area contributed by atoms with Gasteiger partial charge in [-0.1, -0.05) is 72.8 Å². The summed E-state index contributed by atoms with van der Waals surface area (Å²) in [7, 11) is 0. The van der Waals surface area contributed by atoms with Gasteiger partial charge in [0.1, 0.15) is 6.61 Å². The van der Waals surface area contributed by atoms with E-state index in [9.17, 15) is 4.79 Å². The number of rotatable bonds is 3. The average Bonchev–Trinajstić information content (AvgIpc) is 3.29. The van der Waals surface area contributed by atoms with E-state index in [0.29, 0.717) is 6.61 Å². The lowest BCUT2D eigenvalue weighted by molar-refractivity contribution is 0.0866. The normalized spacial score (nSPS) is 22.2. The third kappa shape index (κ3) is 2.98. The Morgan fingerprint density at radius 1 is 0.879 bits per heavy atom. The zero-order chi connectivity index (χ0) is 21.9. The first-order valence-corrected chi connectivity index (χ1v) is 12.2. The number of benzene rings is 3. The molecule has 2 aliphatic heterocycles. The number of aryl methyl sites for hydroxylation is 2. The number of carbonyl (C=O) groups is 1. The Bertz CT molecular complexity index is 1260. The molecule has 7 rings (SSSR count). The van der Waals surface area contributed by atoms with Gasteiger partial charge in [0.05, 0.1) is 6.04 Å². The van der Waals surface area contributed by atoms with Crippen LogP contribution in [0.3, 0.4) is 0 Å². The fourth-order valence-electron chi connectivity index (χ4n) is 6.39. The van der Waals surface area contributed by atoms with Gasteiger partial charge in [-0.3, -0.25) is 4.90 Å². The summed E-state index contributed by atoms with van der Waals surface area (Å²) in [5.74, 6) is 0.109. The molecule has 0 saturated carbocycles. The summed E-state index contributed by atoms with van der Waals surface area (Å²) in [6.07, 6.45) is 7.61. The van der Waals surface area contributed by atoms with Crippen LogP contribution in [-0.4, -0.2) is 29.7 Å². The highest BCUT2D eigenvalue weighted by Gasteiger charge is 2.41. The van der Waals surface area contributed by atoms with Gasteiger partial charge in [0.25, 0.3) is 0 Å². The average molecular weight is 434 g/mol. The monoisotopic (exact) mass is 433 g/mol. The molecule has 164 valence electrons. The van der Waals surface area contributed by atoms with E-state index in [4.69, 9.17) is 4.74 Å². The lowest BCUT2D eigenvalue weighted by Crippen LogP contribution is -2.43. The molecule has 0 N–H and O–H groups in total. The van der Waals surface area contributed by atoms with E-state index in [2.05, 4.69) is 72.8 Å². The highest BCUT2D eigenvalue weighted by atomic mass is 16.6. The van der Waals surface area contributed by atoms with Crippen molar-refractivity contribution in [3.05, 3.63) is 101 Å². The second-order valence-electron chi connectivity index (χ2n) is 9.89. The molecule has 1 fully saturated rings. The first kappa shape index (κ1) is 19.2. The summed E-state index contributed by atoms with van der Waals surface area (Å²) >= 11 is 0. The molecule has 3 heteroatoms. The molecule has 2 bridgehead atoms. The van der Waals surface area contributed by atoms with Gasteiger partial charge >= 0.3 is 6.09 Å². The number of ether oxygens (including phenoxy) is 1. The Hall–Kier alpha value is -3.33. The van der Waals surface area contributed by atoms with E-state index in [1.807, 2.05) is 4.90 Å². The van der Waals surface area contributed by atoms with Crippen LogP contribution < -0.4 is 0 Å². The zero-order valence-corrected chi connectivity index (χ0v) is 18.7. The first-order valence-electron chi connectivity index (χ1n) is 12.2. The molecule has 1 amide bonds. The number of hydrogen-bond donors (Lipinski definition) is 0. The van der Waals surface area contributed by atoms with Crippen LogP contribution in [0.15, 0.2) is 72.8 Å². The second-order valence-corrected chi connectivity index (χ2v) is 9.89. The predicted molar refractivity (Wildman–Crippen MR) is 130 cm³/mol. The molecular weight excluding hydrogens is 406 g/mol. The number of carbonyl (C=O) groups excluding carboxylic acids is 1. The Kier molecular flexibility index (Phi) is 4.27. The van der Waals surface area contributed by atoms with Crippen LogP contribution in [0, 0.1) is 0 Å². The van der Waals surface area contributed by atoms with E-state index in [0.717, 1.165) is 19.3 Å². The van der Waals surface area contributed by atoms with Gasteiger partial charge in [-0.05, 0) is 76.6 Å². The summed E-state index contributed by atoms with van der Waals surface area (Å²) in [5.41, 5.74) is 10.8.